The van der Waals surface area contributed by atoms with Gasteiger partial charge in [-0.1, -0.05) is 13.8 Å². The standard InChI is InChI=1S/C15H27BrN4/c1-5-15(6-2)11-17-8-9-19(15)10-13-14(16)12(4)18-20(13)7-3/h17H,5-11H2,1-4H3. The van der Waals surface area contributed by atoms with Crippen molar-refractivity contribution in [1.82, 2.24) is 20.0 Å². The van der Waals surface area contributed by atoms with E-state index in [4.69, 9.17) is 0 Å². The number of aromatic nitrogens is 2. The highest BCUT2D eigenvalue weighted by atomic mass is 79.9. The Morgan fingerprint density at radius 3 is 2.60 bits per heavy atom. The summed E-state index contributed by atoms with van der Waals surface area (Å²) < 4.78 is 3.32. The Labute approximate surface area is 131 Å². The van der Waals surface area contributed by atoms with Gasteiger partial charge in [0.1, 0.15) is 0 Å². The van der Waals surface area contributed by atoms with E-state index in [1.807, 2.05) is 0 Å². The molecule has 0 radical (unpaired) electrons. The highest BCUT2D eigenvalue weighted by Crippen LogP contribution is 2.30. The summed E-state index contributed by atoms with van der Waals surface area (Å²) in [5, 5.41) is 8.19. The first-order chi connectivity index (χ1) is 9.57. The van der Waals surface area contributed by atoms with E-state index in [9.17, 15) is 0 Å². The zero-order valence-electron chi connectivity index (χ0n) is 13.2. The summed E-state index contributed by atoms with van der Waals surface area (Å²) in [4.78, 5) is 2.65. The van der Waals surface area contributed by atoms with Gasteiger partial charge in [0, 0.05) is 38.3 Å². The van der Waals surface area contributed by atoms with Crippen LogP contribution in [-0.2, 0) is 13.1 Å². The van der Waals surface area contributed by atoms with Crippen molar-refractivity contribution in [2.24, 2.45) is 0 Å². The maximum atomic E-state index is 4.62. The highest BCUT2D eigenvalue weighted by Gasteiger charge is 2.36. The van der Waals surface area contributed by atoms with Gasteiger partial charge in [0.25, 0.3) is 0 Å². The molecule has 1 aromatic rings. The fraction of sp³-hybridized carbons (Fsp3) is 0.800. The molecule has 0 unspecified atom stereocenters. The first-order valence-electron chi connectivity index (χ1n) is 7.75. The van der Waals surface area contributed by atoms with Crippen molar-refractivity contribution in [2.75, 3.05) is 19.6 Å². The first-order valence-corrected chi connectivity index (χ1v) is 8.54. The molecule has 1 aromatic heterocycles. The minimum atomic E-state index is 0.286. The van der Waals surface area contributed by atoms with Crippen molar-refractivity contribution in [3.8, 4) is 0 Å². The van der Waals surface area contributed by atoms with E-state index in [2.05, 4.69) is 63.6 Å². The van der Waals surface area contributed by atoms with E-state index >= 15 is 0 Å². The average molecular weight is 343 g/mol. The molecule has 1 aliphatic rings. The molecule has 1 saturated heterocycles. The minimum Gasteiger partial charge on any atom is -0.314 e. The van der Waals surface area contributed by atoms with Gasteiger partial charge in [-0.3, -0.25) is 9.58 Å². The second kappa shape index (κ2) is 6.58. The quantitative estimate of drug-likeness (QED) is 0.892. The Hall–Kier alpha value is -0.390. The van der Waals surface area contributed by atoms with Crippen LogP contribution in [0.1, 0.15) is 45.0 Å². The van der Waals surface area contributed by atoms with Crippen LogP contribution in [-0.4, -0.2) is 39.9 Å². The lowest BCUT2D eigenvalue weighted by molar-refractivity contribution is 0.0422. The number of aryl methyl sites for hydroxylation is 2. The van der Waals surface area contributed by atoms with Crippen molar-refractivity contribution in [3.05, 3.63) is 15.9 Å². The maximum absolute atomic E-state index is 4.62. The lowest BCUT2D eigenvalue weighted by Gasteiger charge is -2.47. The molecule has 2 heterocycles. The summed E-state index contributed by atoms with van der Waals surface area (Å²) in [7, 11) is 0. The minimum absolute atomic E-state index is 0.286. The first kappa shape index (κ1) is 16.0. The number of nitrogens with one attached hydrogen (secondary N) is 1. The molecule has 20 heavy (non-hydrogen) atoms. The van der Waals surface area contributed by atoms with Crippen LogP contribution in [0.25, 0.3) is 0 Å². The third-order valence-electron chi connectivity index (χ3n) is 4.79. The van der Waals surface area contributed by atoms with Crippen LogP contribution in [0, 0.1) is 6.92 Å². The zero-order chi connectivity index (χ0) is 14.8. The second-order valence-electron chi connectivity index (χ2n) is 5.69. The second-order valence-corrected chi connectivity index (χ2v) is 6.48. The predicted molar refractivity (Wildman–Crippen MR) is 86.9 cm³/mol. The molecule has 1 aliphatic heterocycles. The van der Waals surface area contributed by atoms with Gasteiger partial charge in [0.2, 0.25) is 0 Å². The van der Waals surface area contributed by atoms with Gasteiger partial charge >= 0.3 is 0 Å². The van der Waals surface area contributed by atoms with Crippen LogP contribution in [0.5, 0.6) is 0 Å². The maximum Gasteiger partial charge on any atom is 0.0739 e. The topological polar surface area (TPSA) is 33.1 Å². The fourth-order valence-electron chi connectivity index (χ4n) is 3.28. The van der Waals surface area contributed by atoms with Crippen molar-refractivity contribution >= 4 is 15.9 Å². The van der Waals surface area contributed by atoms with E-state index in [-0.39, 0.29) is 5.54 Å². The number of halogens is 1. The molecule has 5 heteroatoms. The molecule has 4 nitrogen and oxygen atoms in total. The molecule has 0 bridgehead atoms. The summed E-state index contributed by atoms with van der Waals surface area (Å²) in [5.74, 6) is 0. The van der Waals surface area contributed by atoms with Gasteiger partial charge in [-0.05, 0) is 42.6 Å². The lowest BCUT2D eigenvalue weighted by Crippen LogP contribution is -2.60. The molecular formula is C15H27BrN4. The SMILES string of the molecule is CCn1nc(C)c(Br)c1CN1CCNCC1(CC)CC. The summed E-state index contributed by atoms with van der Waals surface area (Å²) in [6, 6.07) is 0. The molecule has 0 saturated carbocycles. The summed E-state index contributed by atoms with van der Waals surface area (Å²) in [5.41, 5.74) is 2.70. The van der Waals surface area contributed by atoms with Gasteiger partial charge in [0.15, 0.2) is 0 Å². The normalized spacial score (nSPS) is 19.4. The smallest absolute Gasteiger partial charge is 0.0739 e. The van der Waals surface area contributed by atoms with Crippen LogP contribution in [0.4, 0.5) is 0 Å². The number of piperazine rings is 1. The summed E-state index contributed by atoms with van der Waals surface area (Å²) in [6.07, 6.45) is 2.38. The lowest BCUT2D eigenvalue weighted by atomic mass is 9.88. The van der Waals surface area contributed by atoms with Gasteiger partial charge < -0.3 is 5.32 Å². The van der Waals surface area contributed by atoms with E-state index in [0.29, 0.717) is 0 Å². The summed E-state index contributed by atoms with van der Waals surface area (Å²) in [6.45, 7) is 14.1. The molecule has 0 aromatic carbocycles. The van der Waals surface area contributed by atoms with Crippen LogP contribution in [0.3, 0.4) is 0 Å². The zero-order valence-corrected chi connectivity index (χ0v) is 14.8. The van der Waals surface area contributed by atoms with Crippen LogP contribution in [0.2, 0.25) is 0 Å². The van der Waals surface area contributed by atoms with Crippen molar-refractivity contribution < 1.29 is 0 Å². The van der Waals surface area contributed by atoms with Crippen LogP contribution < -0.4 is 5.32 Å². The Kier molecular flexibility index (Phi) is 5.26. The fourth-order valence-corrected chi connectivity index (χ4v) is 3.69. The predicted octanol–water partition coefficient (Wildman–Crippen LogP) is 2.94. The van der Waals surface area contributed by atoms with E-state index in [1.54, 1.807) is 0 Å². The van der Waals surface area contributed by atoms with E-state index < -0.39 is 0 Å². The number of hydrogen-bond donors (Lipinski definition) is 1. The Morgan fingerprint density at radius 1 is 1.30 bits per heavy atom. The molecule has 0 atom stereocenters. The van der Waals surface area contributed by atoms with E-state index in [1.165, 1.54) is 23.0 Å². The molecular weight excluding hydrogens is 316 g/mol. The molecule has 0 spiro atoms. The Balaban J connectivity index is 2.27. The number of rotatable bonds is 5. The van der Waals surface area contributed by atoms with Crippen LogP contribution >= 0.6 is 15.9 Å². The van der Waals surface area contributed by atoms with Crippen LogP contribution in [0.15, 0.2) is 4.47 Å². The monoisotopic (exact) mass is 342 g/mol. The highest BCUT2D eigenvalue weighted by molar-refractivity contribution is 9.10. The van der Waals surface area contributed by atoms with Gasteiger partial charge in [-0.15, -0.1) is 0 Å². The van der Waals surface area contributed by atoms with Gasteiger partial charge in [-0.25, -0.2) is 0 Å². The number of nitrogens with zero attached hydrogens (tertiary/aromatic N) is 3. The third kappa shape index (κ3) is 2.81. The molecule has 0 aliphatic carbocycles. The van der Waals surface area contributed by atoms with E-state index in [0.717, 1.165) is 38.4 Å². The van der Waals surface area contributed by atoms with Crippen molar-refractivity contribution in [3.63, 3.8) is 0 Å². The third-order valence-corrected chi connectivity index (χ3v) is 5.82. The molecule has 114 valence electrons. The number of hydrogen-bond acceptors (Lipinski definition) is 3. The largest absolute Gasteiger partial charge is 0.314 e. The summed E-state index contributed by atoms with van der Waals surface area (Å²) >= 11 is 3.72. The van der Waals surface area contributed by atoms with Crippen molar-refractivity contribution in [1.29, 1.82) is 0 Å². The van der Waals surface area contributed by atoms with Gasteiger partial charge in [0.05, 0.1) is 15.9 Å². The Bertz CT molecular complexity index is 451. The average Bonchev–Trinajstić information content (AvgIpc) is 2.75. The van der Waals surface area contributed by atoms with Gasteiger partial charge in [-0.2, -0.15) is 5.10 Å². The van der Waals surface area contributed by atoms with Crippen molar-refractivity contribution in [2.45, 2.75) is 59.2 Å². The molecule has 1 N–H and O–H groups in total. The Morgan fingerprint density at radius 2 is 2.00 bits per heavy atom. The molecule has 0 amide bonds. The molecule has 1 fully saturated rings. The molecule has 2 rings (SSSR count).